The summed E-state index contributed by atoms with van der Waals surface area (Å²) in [6.07, 6.45) is 0. The quantitative estimate of drug-likeness (QED) is 0.468. The molecule has 7 nitrogen and oxygen atoms in total. The van der Waals surface area contributed by atoms with E-state index in [2.05, 4.69) is 0 Å². The summed E-state index contributed by atoms with van der Waals surface area (Å²) >= 11 is 0. The third-order valence-electron chi connectivity index (χ3n) is 5.61. The van der Waals surface area contributed by atoms with E-state index in [0.717, 1.165) is 0 Å². The molecule has 1 heterocycles. The summed E-state index contributed by atoms with van der Waals surface area (Å²) in [5, 5.41) is 0. The second-order valence-electron chi connectivity index (χ2n) is 7.75. The molecule has 2 rings (SSSR count). The Balaban J connectivity index is 2.51. The number of methoxy groups -OCH3 is 2. The molecule has 0 N–H and O–H groups in total. The van der Waals surface area contributed by atoms with E-state index in [1.54, 1.807) is 54.7 Å². The molecular formula is C24H32N2O5. The minimum absolute atomic E-state index is 0.211. The highest BCUT2D eigenvalue weighted by Crippen LogP contribution is 2.27. The molecule has 1 aromatic heterocycles. The number of carbonyl (C=O) groups excluding carboxylic acids is 3. The molecule has 7 heteroatoms. The lowest BCUT2D eigenvalue weighted by molar-refractivity contribution is 0.0565. The van der Waals surface area contributed by atoms with Gasteiger partial charge < -0.3 is 18.9 Å². The normalized spacial score (nSPS) is 11.9. The van der Waals surface area contributed by atoms with Crippen LogP contribution in [-0.4, -0.2) is 53.4 Å². The van der Waals surface area contributed by atoms with Crippen molar-refractivity contribution in [1.29, 1.82) is 0 Å². The van der Waals surface area contributed by atoms with E-state index in [1.165, 1.54) is 7.11 Å². The highest BCUT2D eigenvalue weighted by molar-refractivity contribution is 6.07. The number of ketones is 1. The van der Waals surface area contributed by atoms with Crippen molar-refractivity contribution in [3.63, 3.8) is 0 Å². The molecule has 1 unspecified atom stereocenters. The Kier molecular flexibility index (Phi) is 7.65. The summed E-state index contributed by atoms with van der Waals surface area (Å²) < 4.78 is 11.9. The van der Waals surface area contributed by atoms with Crippen LogP contribution in [0.3, 0.4) is 0 Å². The largest absolute Gasteiger partial charge is 0.497 e. The van der Waals surface area contributed by atoms with Gasteiger partial charge in [-0.25, -0.2) is 4.79 Å². The molecule has 168 valence electrons. The number of aromatic nitrogens is 1. The van der Waals surface area contributed by atoms with Crippen LogP contribution in [0, 0.1) is 13.8 Å². The first kappa shape index (κ1) is 24.2. The fraction of sp³-hybridized carbons (Fsp3) is 0.458. The maximum atomic E-state index is 13.6. The van der Waals surface area contributed by atoms with Crippen LogP contribution in [0.4, 0.5) is 0 Å². The van der Waals surface area contributed by atoms with Gasteiger partial charge in [-0.05, 0) is 65.3 Å². The van der Waals surface area contributed by atoms with Gasteiger partial charge in [0.15, 0.2) is 5.78 Å². The average Bonchev–Trinajstić information content (AvgIpc) is 3.01. The number of esters is 1. The summed E-state index contributed by atoms with van der Waals surface area (Å²) in [7, 11) is 2.86. The van der Waals surface area contributed by atoms with Gasteiger partial charge in [0.25, 0.3) is 5.91 Å². The molecule has 2 aromatic rings. The number of rotatable bonds is 8. The number of benzene rings is 1. The second-order valence-corrected chi connectivity index (χ2v) is 7.75. The van der Waals surface area contributed by atoms with Gasteiger partial charge in [0.1, 0.15) is 11.4 Å². The van der Waals surface area contributed by atoms with Crippen molar-refractivity contribution in [2.45, 2.75) is 60.2 Å². The van der Waals surface area contributed by atoms with Gasteiger partial charge in [-0.15, -0.1) is 0 Å². The first-order chi connectivity index (χ1) is 14.6. The monoisotopic (exact) mass is 428 g/mol. The summed E-state index contributed by atoms with van der Waals surface area (Å²) in [5.41, 5.74) is 2.53. The zero-order chi connectivity index (χ0) is 23.5. The molecule has 0 saturated heterocycles. The molecular weight excluding hydrogens is 396 g/mol. The van der Waals surface area contributed by atoms with Crippen molar-refractivity contribution in [3.05, 3.63) is 52.3 Å². The predicted octanol–water partition coefficient (Wildman–Crippen LogP) is 4.04. The average molecular weight is 429 g/mol. The van der Waals surface area contributed by atoms with Gasteiger partial charge in [-0.3, -0.25) is 9.59 Å². The first-order valence-electron chi connectivity index (χ1n) is 10.4. The van der Waals surface area contributed by atoms with E-state index in [1.807, 2.05) is 27.7 Å². The van der Waals surface area contributed by atoms with Crippen molar-refractivity contribution in [2.24, 2.45) is 0 Å². The van der Waals surface area contributed by atoms with E-state index in [9.17, 15) is 14.4 Å². The summed E-state index contributed by atoms with van der Waals surface area (Å²) in [6, 6.07) is 5.93. The molecule has 0 radical (unpaired) electrons. The Morgan fingerprint density at radius 2 is 1.74 bits per heavy atom. The zero-order valence-electron chi connectivity index (χ0n) is 19.6. The van der Waals surface area contributed by atoms with E-state index >= 15 is 0 Å². The Bertz CT molecular complexity index is 990. The van der Waals surface area contributed by atoms with Crippen molar-refractivity contribution in [3.8, 4) is 5.75 Å². The smallest absolute Gasteiger partial charge is 0.354 e. The molecule has 0 aliphatic rings. The van der Waals surface area contributed by atoms with Gasteiger partial charge in [-0.2, -0.15) is 0 Å². The summed E-state index contributed by atoms with van der Waals surface area (Å²) in [4.78, 5) is 40.8. The molecule has 0 bridgehead atoms. The highest BCUT2D eigenvalue weighted by Gasteiger charge is 2.34. The lowest BCUT2D eigenvalue weighted by Gasteiger charge is -2.32. The number of Topliss-reactive ketones (excluding diaryl/α,β-unsaturated/α-hetero) is 1. The maximum Gasteiger partial charge on any atom is 0.354 e. The molecule has 0 aliphatic carbocycles. The molecule has 0 aliphatic heterocycles. The predicted molar refractivity (Wildman–Crippen MR) is 119 cm³/mol. The number of nitrogens with zero attached hydrogens (tertiary/aromatic N) is 2. The Morgan fingerprint density at radius 3 is 2.26 bits per heavy atom. The van der Waals surface area contributed by atoms with E-state index in [0.29, 0.717) is 40.4 Å². The highest BCUT2D eigenvalue weighted by atomic mass is 16.5. The van der Waals surface area contributed by atoms with Crippen LogP contribution in [0.25, 0.3) is 0 Å². The van der Waals surface area contributed by atoms with Crippen LogP contribution in [0.2, 0.25) is 0 Å². The fourth-order valence-corrected chi connectivity index (χ4v) is 4.11. The summed E-state index contributed by atoms with van der Waals surface area (Å²) in [5.74, 6) is -0.379. The Hall–Kier alpha value is -3.09. The van der Waals surface area contributed by atoms with Gasteiger partial charge in [0.2, 0.25) is 0 Å². The van der Waals surface area contributed by atoms with Gasteiger partial charge in [0.05, 0.1) is 20.3 Å². The van der Waals surface area contributed by atoms with E-state index in [4.69, 9.17) is 9.47 Å². The molecule has 0 fully saturated rings. The number of carbonyl (C=O) groups is 3. The SMILES string of the molecule is CCn1c(C)c(C(=O)C(C)N(C(=O)c2cccc(OC)c2)C(C)C)c(C)c1C(=O)OC. The van der Waals surface area contributed by atoms with Crippen LogP contribution in [0.15, 0.2) is 24.3 Å². The van der Waals surface area contributed by atoms with Crippen molar-refractivity contribution in [2.75, 3.05) is 14.2 Å². The number of hydrogen-bond acceptors (Lipinski definition) is 5. The Morgan fingerprint density at radius 1 is 1.10 bits per heavy atom. The van der Waals surface area contributed by atoms with Crippen LogP contribution in [0.1, 0.15) is 70.2 Å². The van der Waals surface area contributed by atoms with E-state index in [-0.39, 0.29) is 17.7 Å². The van der Waals surface area contributed by atoms with Crippen LogP contribution >= 0.6 is 0 Å². The molecule has 1 atom stereocenters. The van der Waals surface area contributed by atoms with Crippen LogP contribution in [0.5, 0.6) is 5.75 Å². The molecule has 1 amide bonds. The molecule has 0 spiro atoms. The summed E-state index contributed by atoms with van der Waals surface area (Å²) in [6.45, 7) is 11.5. The zero-order valence-corrected chi connectivity index (χ0v) is 19.6. The number of amides is 1. The lowest BCUT2D eigenvalue weighted by Crippen LogP contribution is -2.47. The lowest BCUT2D eigenvalue weighted by atomic mass is 9.98. The maximum absolute atomic E-state index is 13.6. The van der Waals surface area contributed by atoms with Crippen molar-refractivity contribution >= 4 is 17.7 Å². The van der Waals surface area contributed by atoms with Crippen LogP contribution < -0.4 is 4.74 Å². The minimum Gasteiger partial charge on any atom is -0.497 e. The molecule has 1 aromatic carbocycles. The third-order valence-corrected chi connectivity index (χ3v) is 5.61. The van der Waals surface area contributed by atoms with Gasteiger partial charge in [-0.1, -0.05) is 6.07 Å². The van der Waals surface area contributed by atoms with Crippen molar-refractivity contribution in [1.82, 2.24) is 9.47 Å². The number of hydrogen-bond donors (Lipinski definition) is 0. The molecule has 0 saturated carbocycles. The second kappa shape index (κ2) is 9.81. The Labute approximate surface area is 183 Å². The fourth-order valence-electron chi connectivity index (χ4n) is 4.11. The molecule has 31 heavy (non-hydrogen) atoms. The van der Waals surface area contributed by atoms with Gasteiger partial charge >= 0.3 is 5.97 Å². The van der Waals surface area contributed by atoms with Crippen LogP contribution in [-0.2, 0) is 11.3 Å². The van der Waals surface area contributed by atoms with E-state index < -0.39 is 12.0 Å². The first-order valence-corrected chi connectivity index (χ1v) is 10.4. The minimum atomic E-state index is -0.727. The topological polar surface area (TPSA) is 77.8 Å². The standard InChI is InChI=1S/C24H32N2O5/c1-9-25-16(5)20(15(4)21(25)24(29)31-8)22(27)17(6)26(14(2)3)23(28)18-11-10-12-19(13-18)30-7/h10-14,17H,9H2,1-8H3. The third kappa shape index (κ3) is 4.50. The number of ether oxygens (including phenoxy) is 2. The van der Waals surface area contributed by atoms with Gasteiger partial charge in [0, 0.05) is 29.4 Å². The van der Waals surface area contributed by atoms with Crippen molar-refractivity contribution < 1.29 is 23.9 Å².